The van der Waals surface area contributed by atoms with Crippen LogP contribution in [0.2, 0.25) is 0 Å². The van der Waals surface area contributed by atoms with Crippen LogP contribution >= 0.6 is 0 Å². The number of rotatable bonds is 4. The summed E-state index contributed by atoms with van der Waals surface area (Å²) in [4.78, 5) is 0. The summed E-state index contributed by atoms with van der Waals surface area (Å²) < 4.78 is 13.0. The summed E-state index contributed by atoms with van der Waals surface area (Å²) in [5.41, 5.74) is 4.29. The molecular weight excluding hydrogens is 215 g/mol. The molecule has 3 heteroatoms. The molecule has 1 aliphatic rings. The molecule has 1 aromatic rings. The van der Waals surface area contributed by atoms with Gasteiger partial charge in [0.2, 0.25) is 0 Å². The molecule has 1 aromatic carbocycles. The van der Waals surface area contributed by atoms with Crippen LogP contribution in [0.3, 0.4) is 0 Å². The summed E-state index contributed by atoms with van der Waals surface area (Å²) in [6, 6.07) is 6.84. The summed E-state index contributed by atoms with van der Waals surface area (Å²) in [6.07, 6.45) is 6.06. The van der Waals surface area contributed by atoms with Crippen molar-refractivity contribution in [3.05, 3.63) is 35.6 Å². The van der Waals surface area contributed by atoms with Crippen LogP contribution in [-0.2, 0) is 0 Å². The van der Waals surface area contributed by atoms with Crippen LogP contribution in [0.4, 0.5) is 4.39 Å². The molecule has 0 spiro atoms. The van der Waals surface area contributed by atoms with Crippen LogP contribution in [0.1, 0.15) is 50.6 Å². The molecule has 17 heavy (non-hydrogen) atoms. The second kappa shape index (κ2) is 5.15. The van der Waals surface area contributed by atoms with Crippen LogP contribution in [0.25, 0.3) is 0 Å². The third-order valence-electron chi connectivity index (χ3n) is 4.29. The molecule has 0 aromatic heterocycles. The van der Waals surface area contributed by atoms with E-state index >= 15 is 0 Å². The van der Waals surface area contributed by atoms with E-state index in [0.717, 1.165) is 12.0 Å². The smallest absolute Gasteiger partial charge is 0.123 e. The highest BCUT2D eigenvalue weighted by Crippen LogP contribution is 2.49. The minimum Gasteiger partial charge on any atom is -0.271 e. The first kappa shape index (κ1) is 12.5. The highest BCUT2D eigenvalue weighted by molar-refractivity contribution is 5.22. The van der Waals surface area contributed by atoms with E-state index in [0.29, 0.717) is 0 Å². The monoisotopic (exact) mass is 236 g/mol. The van der Waals surface area contributed by atoms with Crippen LogP contribution < -0.4 is 11.3 Å². The van der Waals surface area contributed by atoms with Crippen molar-refractivity contribution >= 4 is 0 Å². The first-order valence-electron chi connectivity index (χ1n) is 6.43. The zero-order valence-electron chi connectivity index (χ0n) is 10.4. The van der Waals surface area contributed by atoms with Gasteiger partial charge in [0, 0.05) is 0 Å². The molecule has 0 amide bonds. The zero-order chi connectivity index (χ0) is 12.3. The Morgan fingerprint density at radius 3 is 2.35 bits per heavy atom. The van der Waals surface area contributed by atoms with Gasteiger partial charge in [-0.15, -0.1) is 0 Å². The van der Waals surface area contributed by atoms with E-state index in [-0.39, 0.29) is 17.3 Å². The van der Waals surface area contributed by atoms with Gasteiger partial charge in [-0.1, -0.05) is 31.9 Å². The van der Waals surface area contributed by atoms with Gasteiger partial charge in [0.15, 0.2) is 0 Å². The molecule has 3 N–H and O–H groups in total. The molecule has 2 rings (SSSR count). The zero-order valence-corrected chi connectivity index (χ0v) is 10.4. The first-order valence-corrected chi connectivity index (χ1v) is 6.43. The number of hydrogen-bond donors (Lipinski definition) is 2. The Labute approximate surface area is 102 Å². The van der Waals surface area contributed by atoms with Crippen molar-refractivity contribution in [1.29, 1.82) is 0 Å². The minimum atomic E-state index is -0.193. The summed E-state index contributed by atoms with van der Waals surface area (Å²) in [5, 5.41) is 0. The van der Waals surface area contributed by atoms with E-state index in [2.05, 4.69) is 12.3 Å². The van der Waals surface area contributed by atoms with E-state index < -0.39 is 0 Å². The predicted molar refractivity (Wildman–Crippen MR) is 67.7 cm³/mol. The largest absolute Gasteiger partial charge is 0.271 e. The van der Waals surface area contributed by atoms with Crippen molar-refractivity contribution in [1.82, 2.24) is 5.43 Å². The average Bonchev–Trinajstić information content (AvgIpc) is 2.82. The highest BCUT2D eigenvalue weighted by atomic mass is 19.1. The molecule has 2 nitrogen and oxygen atoms in total. The Balaban J connectivity index is 2.28. The van der Waals surface area contributed by atoms with Crippen LogP contribution in [0, 0.1) is 11.2 Å². The van der Waals surface area contributed by atoms with Crippen LogP contribution in [0.5, 0.6) is 0 Å². The number of hydrazine groups is 1. The molecule has 94 valence electrons. The van der Waals surface area contributed by atoms with Crippen LogP contribution in [-0.4, -0.2) is 0 Å². The van der Waals surface area contributed by atoms with E-state index in [9.17, 15) is 4.39 Å². The lowest BCUT2D eigenvalue weighted by Crippen LogP contribution is -2.40. The van der Waals surface area contributed by atoms with Gasteiger partial charge in [0.25, 0.3) is 0 Å². The number of hydrogen-bond acceptors (Lipinski definition) is 2. The molecule has 1 atom stereocenters. The van der Waals surface area contributed by atoms with Gasteiger partial charge in [-0.05, 0) is 42.4 Å². The van der Waals surface area contributed by atoms with Crippen molar-refractivity contribution in [3.8, 4) is 0 Å². The third-order valence-corrected chi connectivity index (χ3v) is 4.29. The minimum absolute atomic E-state index is 0.135. The normalized spacial score (nSPS) is 20.4. The molecule has 0 heterocycles. The van der Waals surface area contributed by atoms with Gasteiger partial charge in [-0.25, -0.2) is 4.39 Å². The number of halogens is 1. The van der Waals surface area contributed by atoms with Gasteiger partial charge in [-0.3, -0.25) is 11.3 Å². The van der Waals surface area contributed by atoms with E-state index in [4.69, 9.17) is 5.84 Å². The summed E-state index contributed by atoms with van der Waals surface area (Å²) in [5.74, 6) is 5.55. The summed E-state index contributed by atoms with van der Waals surface area (Å²) in [7, 11) is 0. The number of benzene rings is 1. The van der Waals surface area contributed by atoms with E-state index in [1.165, 1.54) is 37.8 Å². The van der Waals surface area contributed by atoms with Crippen molar-refractivity contribution in [2.75, 3.05) is 0 Å². The topological polar surface area (TPSA) is 38.0 Å². The van der Waals surface area contributed by atoms with Crippen molar-refractivity contribution in [2.45, 2.75) is 45.1 Å². The van der Waals surface area contributed by atoms with Gasteiger partial charge in [-0.2, -0.15) is 0 Å². The van der Waals surface area contributed by atoms with Crippen molar-refractivity contribution in [2.24, 2.45) is 11.3 Å². The maximum absolute atomic E-state index is 13.0. The summed E-state index contributed by atoms with van der Waals surface area (Å²) >= 11 is 0. The first-order chi connectivity index (χ1) is 8.22. The highest BCUT2D eigenvalue weighted by Gasteiger charge is 2.39. The van der Waals surface area contributed by atoms with Gasteiger partial charge in [0.1, 0.15) is 5.82 Å². The molecular formula is C14H21FN2. The Kier molecular flexibility index (Phi) is 3.79. The number of nitrogens with one attached hydrogen (secondary N) is 1. The van der Waals surface area contributed by atoms with E-state index in [1.807, 2.05) is 12.1 Å². The third kappa shape index (κ3) is 2.35. The standard InChI is InChI=1S/C14H21FN2/c1-2-14(9-3-4-10-14)13(17-16)11-5-7-12(15)8-6-11/h5-8,13,17H,2-4,9-10,16H2,1H3. The molecule has 1 fully saturated rings. The lowest BCUT2D eigenvalue weighted by Gasteiger charge is -2.36. The Bertz CT molecular complexity index is 355. The number of nitrogens with two attached hydrogens (primary N) is 1. The van der Waals surface area contributed by atoms with Gasteiger partial charge < -0.3 is 0 Å². The molecule has 0 saturated heterocycles. The Morgan fingerprint density at radius 2 is 1.88 bits per heavy atom. The Hall–Kier alpha value is -0.930. The molecule has 1 unspecified atom stereocenters. The molecule has 0 aliphatic heterocycles. The molecule has 0 radical (unpaired) electrons. The fourth-order valence-corrected chi connectivity index (χ4v) is 3.21. The van der Waals surface area contributed by atoms with Gasteiger partial charge in [0.05, 0.1) is 6.04 Å². The molecule has 0 bridgehead atoms. The second-order valence-electron chi connectivity index (χ2n) is 5.07. The maximum Gasteiger partial charge on any atom is 0.123 e. The fraction of sp³-hybridized carbons (Fsp3) is 0.571. The second-order valence-corrected chi connectivity index (χ2v) is 5.07. The molecule has 1 aliphatic carbocycles. The fourth-order valence-electron chi connectivity index (χ4n) is 3.21. The summed E-state index contributed by atoms with van der Waals surface area (Å²) in [6.45, 7) is 2.22. The maximum atomic E-state index is 13.0. The quantitative estimate of drug-likeness (QED) is 0.622. The Morgan fingerprint density at radius 1 is 1.29 bits per heavy atom. The lowest BCUT2D eigenvalue weighted by molar-refractivity contribution is 0.188. The average molecular weight is 236 g/mol. The van der Waals surface area contributed by atoms with Gasteiger partial charge >= 0.3 is 0 Å². The van der Waals surface area contributed by atoms with E-state index in [1.54, 1.807) is 0 Å². The van der Waals surface area contributed by atoms with Crippen molar-refractivity contribution < 1.29 is 4.39 Å². The van der Waals surface area contributed by atoms with Crippen molar-refractivity contribution in [3.63, 3.8) is 0 Å². The van der Waals surface area contributed by atoms with Crippen LogP contribution in [0.15, 0.2) is 24.3 Å². The lowest BCUT2D eigenvalue weighted by atomic mass is 9.74. The predicted octanol–water partition coefficient (Wildman–Crippen LogP) is 3.30. The molecule has 1 saturated carbocycles. The SMILES string of the molecule is CCC1(C(NN)c2ccc(F)cc2)CCCC1.